The zero-order valence-electron chi connectivity index (χ0n) is 15.7. The lowest BCUT2D eigenvalue weighted by molar-refractivity contribution is -0.376. The van der Waals surface area contributed by atoms with Gasteiger partial charge in [0.1, 0.15) is 0 Å². The Labute approximate surface area is 172 Å². The van der Waals surface area contributed by atoms with E-state index in [9.17, 15) is 36.2 Å². The van der Waals surface area contributed by atoms with Crippen molar-refractivity contribution in [1.29, 1.82) is 0 Å². The van der Waals surface area contributed by atoms with Gasteiger partial charge < -0.3 is 10.0 Å². The Morgan fingerprint density at radius 3 is 2.33 bits per heavy atom. The lowest BCUT2D eigenvalue weighted by Crippen LogP contribution is -2.54. The quantitative estimate of drug-likeness (QED) is 0.638. The fraction of sp³-hybridized carbons (Fsp3) is 0.450. The van der Waals surface area contributed by atoms with Gasteiger partial charge >= 0.3 is 12.4 Å². The van der Waals surface area contributed by atoms with E-state index in [-0.39, 0.29) is 30.0 Å². The van der Waals surface area contributed by atoms with E-state index in [0.29, 0.717) is 31.9 Å². The van der Waals surface area contributed by atoms with E-state index < -0.39 is 23.5 Å². The zero-order chi connectivity index (χ0) is 22.2. The number of carbonyl (C=O) groups excluding carboxylic acids is 1. The Balaban J connectivity index is 2.03. The Morgan fingerprint density at radius 2 is 1.73 bits per heavy atom. The van der Waals surface area contributed by atoms with Crippen LogP contribution >= 0.6 is 11.3 Å². The van der Waals surface area contributed by atoms with Gasteiger partial charge in [-0.3, -0.25) is 4.79 Å². The molecule has 1 aromatic carbocycles. The van der Waals surface area contributed by atoms with Crippen LogP contribution in [0.3, 0.4) is 0 Å². The summed E-state index contributed by atoms with van der Waals surface area (Å²) >= 11 is 1.39. The molecule has 0 saturated carbocycles. The number of anilines is 1. The highest BCUT2D eigenvalue weighted by Crippen LogP contribution is 2.50. The second-order valence-electron chi connectivity index (χ2n) is 7.16. The van der Waals surface area contributed by atoms with Gasteiger partial charge in [0.2, 0.25) is 5.91 Å². The third kappa shape index (κ3) is 4.20. The predicted octanol–water partition coefficient (Wildman–Crippen LogP) is 5.36. The van der Waals surface area contributed by atoms with E-state index in [2.05, 4.69) is 0 Å². The molecule has 3 rings (SSSR count). The summed E-state index contributed by atoms with van der Waals surface area (Å²) in [6, 6.07) is 5.98. The third-order valence-corrected chi connectivity index (χ3v) is 6.02. The molecule has 0 unspecified atom stereocenters. The van der Waals surface area contributed by atoms with E-state index in [1.807, 2.05) is 5.38 Å². The fourth-order valence-electron chi connectivity index (χ4n) is 3.56. The maximum Gasteiger partial charge on any atom is 0.430 e. The minimum atomic E-state index is -5.95. The van der Waals surface area contributed by atoms with Crippen LogP contribution < -0.4 is 4.90 Å². The van der Waals surface area contributed by atoms with Gasteiger partial charge in [-0.05, 0) is 42.3 Å². The molecule has 1 amide bonds. The summed E-state index contributed by atoms with van der Waals surface area (Å²) in [6.07, 6.45) is -9.70. The van der Waals surface area contributed by atoms with Crippen LogP contribution in [0.2, 0.25) is 0 Å². The van der Waals surface area contributed by atoms with E-state index in [0.717, 1.165) is 17.0 Å². The van der Waals surface area contributed by atoms with Crippen LogP contribution in [0.25, 0.3) is 0 Å². The number of benzene rings is 1. The summed E-state index contributed by atoms with van der Waals surface area (Å²) in [5.74, 6) is -0.282. The van der Waals surface area contributed by atoms with Gasteiger partial charge in [-0.15, -0.1) is 11.3 Å². The van der Waals surface area contributed by atoms with E-state index in [4.69, 9.17) is 0 Å². The van der Waals surface area contributed by atoms with Crippen LogP contribution in [0.4, 0.5) is 32.0 Å². The number of hydrogen-bond donors (Lipinski definition) is 1. The van der Waals surface area contributed by atoms with Crippen LogP contribution in [0.5, 0.6) is 0 Å². The first-order valence-corrected chi connectivity index (χ1v) is 10.1. The Bertz CT molecular complexity index is 878. The molecule has 1 N–H and O–H groups in total. The molecule has 0 aliphatic carbocycles. The van der Waals surface area contributed by atoms with Crippen LogP contribution in [0, 0.1) is 0 Å². The molecule has 2 aromatic rings. The molecule has 0 radical (unpaired) electrons. The first-order valence-electron chi connectivity index (χ1n) is 9.27. The molecule has 0 fully saturated rings. The van der Waals surface area contributed by atoms with Crippen molar-refractivity contribution < 1.29 is 36.2 Å². The number of aryl methyl sites for hydroxylation is 1. The van der Waals surface area contributed by atoms with Gasteiger partial charge in [-0.25, -0.2) is 0 Å². The second kappa shape index (κ2) is 8.22. The van der Waals surface area contributed by atoms with Crippen molar-refractivity contribution >= 4 is 22.9 Å². The number of nitrogens with zero attached hydrogens (tertiary/aromatic N) is 1. The zero-order valence-corrected chi connectivity index (χ0v) is 16.5. The highest BCUT2D eigenvalue weighted by atomic mass is 32.1. The molecule has 1 aliphatic heterocycles. The maximum absolute atomic E-state index is 13.2. The number of rotatable bonds is 3. The summed E-state index contributed by atoms with van der Waals surface area (Å²) < 4.78 is 79.5. The number of carbonyl (C=O) groups is 1. The van der Waals surface area contributed by atoms with Gasteiger partial charge in [-0.2, -0.15) is 26.3 Å². The van der Waals surface area contributed by atoms with Gasteiger partial charge in [-0.1, -0.05) is 24.6 Å². The number of aliphatic hydroxyl groups is 1. The van der Waals surface area contributed by atoms with Crippen molar-refractivity contribution in [1.82, 2.24) is 0 Å². The van der Waals surface area contributed by atoms with Crippen LogP contribution in [-0.2, 0) is 23.2 Å². The molecule has 0 saturated heterocycles. The highest BCUT2D eigenvalue weighted by Gasteiger charge is 2.71. The summed E-state index contributed by atoms with van der Waals surface area (Å²) in [7, 11) is 0. The molecule has 1 aromatic heterocycles. The monoisotopic (exact) mass is 451 g/mol. The first-order chi connectivity index (χ1) is 13.9. The first kappa shape index (κ1) is 22.6. The van der Waals surface area contributed by atoms with Gasteiger partial charge in [0.25, 0.3) is 5.60 Å². The second-order valence-corrected chi connectivity index (χ2v) is 8.19. The lowest BCUT2D eigenvalue weighted by atomic mass is 9.88. The van der Waals surface area contributed by atoms with Crippen LogP contribution in [-0.4, -0.2) is 29.9 Å². The molecule has 1 aliphatic rings. The van der Waals surface area contributed by atoms with Crippen LogP contribution in [0.15, 0.2) is 35.7 Å². The van der Waals surface area contributed by atoms with Gasteiger partial charge in [0, 0.05) is 22.7 Å². The molecule has 0 bridgehead atoms. The van der Waals surface area contributed by atoms with Crippen molar-refractivity contribution in [3.05, 3.63) is 51.7 Å². The molecule has 10 heteroatoms. The third-order valence-electron chi connectivity index (χ3n) is 5.14. The van der Waals surface area contributed by atoms with E-state index in [1.54, 1.807) is 12.1 Å². The van der Waals surface area contributed by atoms with Crippen molar-refractivity contribution in [3.63, 3.8) is 0 Å². The number of halogens is 6. The highest BCUT2D eigenvalue weighted by molar-refractivity contribution is 7.10. The summed E-state index contributed by atoms with van der Waals surface area (Å²) in [5, 5.41) is 11.5. The molecule has 164 valence electrons. The number of fused-ring (bicyclic) bond motifs is 1. The molecule has 2 heterocycles. The molecule has 3 nitrogen and oxygen atoms in total. The molecular weight excluding hydrogens is 432 g/mol. The summed E-state index contributed by atoms with van der Waals surface area (Å²) in [6.45, 7) is 0.319. The normalized spacial score (nSPS) is 16.0. The van der Waals surface area contributed by atoms with Gasteiger partial charge in [0.15, 0.2) is 0 Å². The smallest absolute Gasteiger partial charge is 0.369 e. The van der Waals surface area contributed by atoms with Crippen LogP contribution in [0.1, 0.15) is 35.3 Å². The minimum Gasteiger partial charge on any atom is -0.369 e. The Kier molecular flexibility index (Phi) is 6.20. The number of hydrogen-bond acceptors (Lipinski definition) is 3. The summed E-state index contributed by atoms with van der Waals surface area (Å²) in [4.78, 5) is 15.0. The van der Waals surface area contributed by atoms with E-state index >= 15 is 0 Å². The van der Waals surface area contributed by atoms with Crippen molar-refractivity contribution in [3.8, 4) is 0 Å². The van der Waals surface area contributed by atoms with Gasteiger partial charge in [0.05, 0.1) is 6.42 Å². The standard InChI is InChI=1S/C20H19F6NO2S/c21-19(22,23)18(29,20(24,25)26)14-7-8-16-13(11-14)5-2-1-3-9-27(16)17(28)12-15-6-4-10-30-15/h4,6-8,10-11,29H,1-3,5,9,12H2. The van der Waals surface area contributed by atoms with Crippen molar-refractivity contribution in [2.24, 2.45) is 0 Å². The fourth-order valence-corrected chi connectivity index (χ4v) is 4.26. The molecule has 0 spiro atoms. The van der Waals surface area contributed by atoms with E-state index in [1.165, 1.54) is 16.2 Å². The lowest BCUT2D eigenvalue weighted by Gasteiger charge is -2.34. The SMILES string of the molecule is O=C(Cc1cccs1)N1CCCCCc2cc(C(O)(C(F)(F)F)C(F)(F)F)ccc21. The summed E-state index contributed by atoms with van der Waals surface area (Å²) in [5.41, 5.74) is -5.82. The number of thiophene rings is 1. The van der Waals surface area contributed by atoms with Crippen molar-refractivity contribution in [2.45, 2.75) is 50.1 Å². The predicted molar refractivity (Wildman–Crippen MR) is 100 cm³/mol. The molecular formula is C20H19F6NO2S. The average Bonchev–Trinajstić information content (AvgIpc) is 3.12. The average molecular weight is 451 g/mol. The van der Waals surface area contributed by atoms with Crippen molar-refractivity contribution in [2.75, 3.05) is 11.4 Å². The maximum atomic E-state index is 13.2. The largest absolute Gasteiger partial charge is 0.430 e. The Hall–Kier alpha value is -2.07. The Morgan fingerprint density at radius 1 is 1.03 bits per heavy atom. The minimum absolute atomic E-state index is 0.0912. The number of amides is 1. The topological polar surface area (TPSA) is 40.5 Å². The molecule has 30 heavy (non-hydrogen) atoms. The number of alkyl halides is 6. The molecule has 0 atom stereocenters.